The van der Waals surface area contributed by atoms with Crippen LogP contribution in [-0.2, 0) is 0 Å². The molecule has 0 bridgehead atoms. The molecule has 4 heteroatoms. The van der Waals surface area contributed by atoms with Gasteiger partial charge in [0.1, 0.15) is 0 Å². The van der Waals surface area contributed by atoms with E-state index < -0.39 is 0 Å². The zero-order chi connectivity index (χ0) is 35.8. The highest BCUT2D eigenvalue weighted by molar-refractivity contribution is 6.05. The van der Waals surface area contributed by atoms with Gasteiger partial charge in [-0.05, 0) is 79.2 Å². The third-order valence-corrected chi connectivity index (χ3v) is 10.3. The molecule has 0 N–H and O–H groups in total. The minimum atomic E-state index is 0.826. The first kappa shape index (κ1) is 31.4. The minimum Gasteiger partial charge on any atom is -0.264 e. The van der Waals surface area contributed by atoms with E-state index in [9.17, 15) is 0 Å². The summed E-state index contributed by atoms with van der Waals surface area (Å²) in [6.07, 6.45) is 7.38. The van der Waals surface area contributed by atoms with E-state index in [1.54, 1.807) is 12.4 Å². The zero-order valence-electron chi connectivity index (χ0n) is 29.3. The van der Waals surface area contributed by atoms with Crippen molar-refractivity contribution in [1.29, 1.82) is 0 Å². The van der Waals surface area contributed by atoms with Crippen LogP contribution in [0.15, 0.2) is 195 Å². The van der Waals surface area contributed by atoms with Crippen molar-refractivity contribution in [2.75, 3.05) is 0 Å². The smallest absolute Gasteiger partial charge is 0.0979 e. The molecule has 0 saturated heterocycles. The molecule has 0 fully saturated rings. The lowest BCUT2D eigenvalue weighted by molar-refractivity contribution is 1.29. The Hall–Kier alpha value is -7.30. The van der Waals surface area contributed by atoms with Crippen LogP contribution in [0.25, 0.3) is 99.6 Å². The Morgan fingerprint density at radius 2 is 0.667 bits per heavy atom. The number of benzene rings is 7. The van der Waals surface area contributed by atoms with Gasteiger partial charge in [-0.15, -0.1) is 0 Å². The molecule has 10 rings (SSSR count). The summed E-state index contributed by atoms with van der Waals surface area (Å²) in [7, 11) is 0. The molecule has 0 aliphatic carbocycles. The topological polar surface area (TPSA) is 51.6 Å². The van der Waals surface area contributed by atoms with Crippen LogP contribution >= 0.6 is 0 Å². The highest BCUT2D eigenvalue weighted by Gasteiger charge is 2.20. The predicted molar refractivity (Wildman–Crippen MR) is 223 cm³/mol. The lowest BCUT2D eigenvalue weighted by Gasteiger charge is -2.17. The normalized spacial score (nSPS) is 11.3. The highest BCUT2D eigenvalue weighted by atomic mass is 14.8. The first-order valence-electron chi connectivity index (χ1n) is 18.1. The largest absolute Gasteiger partial charge is 0.264 e. The summed E-state index contributed by atoms with van der Waals surface area (Å²) in [6.45, 7) is 0. The number of hydrogen-bond acceptors (Lipinski definition) is 4. The molecular weight excluding hydrogens is 657 g/mol. The molecule has 0 amide bonds. The molecule has 0 spiro atoms. The van der Waals surface area contributed by atoms with Gasteiger partial charge in [0, 0.05) is 47.0 Å². The van der Waals surface area contributed by atoms with E-state index in [-0.39, 0.29) is 0 Å². The molecule has 0 aliphatic rings. The number of rotatable bonds is 6. The van der Waals surface area contributed by atoms with Crippen molar-refractivity contribution in [3.63, 3.8) is 0 Å². The second kappa shape index (κ2) is 13.4. The molecule has 0 saturated carbocycles. The van der Waals surface area contributed by atoms with Crippen molar-refractivity contribution in [2.24, 2.45) is 0 Å². The molecule has 54 heavy (non-hydrogen) atoms. The summed E-state index contributed by atoms with van der Waals surface area (Å²) in [5, 5.41) is 4.78. The summed E-state index contributed by atoms with van der Waals surface area (Å²) < 4.78 is 0. The summed E-state index contributed by atoms with van der Waals surface area (Å²) >= 11 is 0. The molecule has 4 nitrogen and oxygen atoms in total. The second-order valence-corrected chi connectivity index (χ2v) is 13.5. The SMILES string of the molecule is c1cncc(-c2ccc(-c3nc4c(-c5ccc6ccccc6c5)ccc(-c5ccc6ccccc6c5)c4nc3-c3ccc(-c4cccnc4)cc3)cc2)c1. The molecular formula is C50H32N4. The quantitative estimate of drug-likeness (QED) is 0.174. The van der Waals surface area contributed by atoms with E-state index in [4.69, 9.17) is 9.97 Å². The number of nitrogens with zero attached hydrogens (tertiary/aromatic N) is 4. The lowest BCUT2D eigenvalue weighted by atomic mass is 9.93. The van der Waals surface area contributed by atoms with Gasteiger partial charge in [-0.1, -0.05) is 146 Å². The first-order chi connectivity index (χ1) is 26.7. The van der Waals surface area contributed by atoms with E-state index in [1.165, 1.54) is 21.5 Å². The van der Waals surface area contributed by atoms with Gasteiger partial charge in [-0.3, -0.25) is 9.97 Å². The van der Waals surface area contributed by atoms with Crippen molar-refractivity contribution in [2.45, 2.75) is 0 Å². The van der Waals surface area contributed by atoms with Gasteiger partial charge in [0.25, 0.3) is 0 Å². The van der Waals surface area contributed by atoms with Gasteiger partial charge in [0.2, 0.25) is 0 Å². The molecule has 252 valence electrons. The predicted octanol–water partition coefficient (Wildman–Crippen LogP) is 12.7. The van der Waals surface area contributed by atoms with Crippen LogP contribution in [0.1, 0.15) is 0 Å². The van der Waals surface area contributed by atoms with Crippen LogP contribution in [0.4, 0.5) is 0 Å². The Balaban J connectivity index is 1.23. The monoisotopic (exact) mass is 688 g/mol. The van der Waals surface area contributed by atoms with Crippen molar-refractivity contribution in [1.82, 2.24) is 19.9 Å². The van der Waals surface area contributed by atoms with Gasteiger partial charge in [-0.25, -0.2) is 9.97 Å². The van der Waals surface area contributed by atoms with Crippen LogP contribution in [-0.4, -0.2) is 19.9 Å². The Bertz CT molecular complexity index is 2750. The van der Waals surface area contributed by atoms with E-state index in [1.807, 2.05) is 24.5 Å². The van der Waals surface area contributed by atoms with Gasteiger partial charge in [0.15, 0.2) is 0 Å². The maximum absolute atomic E-state index is 5.62. The lowest BCUT2D eigenvalue weighted by Crippen LogP contribution is -1.99. The van der Waals surface area contributed by atoms with Crippen molar-refractivity contribution in [3.05, 3.63) is 195 Å². The Kier molecular flexibility index (Phi) is 7.77. The fourth-order valence-electron chi connectivity index (χ4n) is 7.43. The summed E-state index contributed by atoms with van der Waals surface area (Å²) in [6, 6.07) is 59.9. The van der Waals surface area contributed by atoms with Crippen LogP contribution in [0.5, 0.6) is 0 Å². The molecule has 7 aromatic carbocycles. The molecule has 3 aromatic heterocycles. The summed E-state index contributed by atoms with van der Waals surface area (Å²) in [5.74, 6) is 0. The molecule has 3 heterocycles. The third-order valence-electron chi connectivity index (χ3n) is 10.3. The number of aromatic nitrogens is 4. The average molecular weight is 689 g/mol. The maximum Gasteiger partial charge on any atom is 0.0979 e. The van der Waals surface area contributed by atoms with Crippen LogP contribution < -0.4 is 0 Å². The second-order valence-electron chi connectivity index (χ2n) is 13.5. The summed E-state index contributed by atoms with van der Waals surface area (Å²) in [5.41, 5.74) is 14.0. The van der Waals surface area contributed by atoms with Crippen LogP contribution in [0, 0.1) is 0 Å². The van der Waals surface area contributed by atoms with Gasteiger partial charge >= 0.3 is 0 Å². The average Bonchev–Trinajstić information content (AvgIpc) is 3.26. The first-order valence-corrected chi connectivity index (χ1v) is 18.1. The van der Waals surface area contributed by atoms with Gasteiger partial charge < -0.3 is 0 Å². The Morgan fingerprint density at radius 3 is 1.07 bits per heavy atom. The summed E-state index contributed by atoms with van der Waals surface area (Å²) in [4.78, 5) is 19.9. The van der Waals surface area contributed by atoms with Crippen molar-refractivity contribution < 1.29 is 0 Å². The van der Waals surface area contributed by atoms with E-state index in [2.05, 4.69) is 168 Å². The zero-order valence-corrected chi connectivity index (χ0v) is 29.3. The fraction of sp³-hybridized carbons (Fsp3) is 0. The van der Waals surface area contributed by atoms with Gasteiger partial charge in [-0.2, -0.15) is 0 Å². The minimum absolute atomic E-state index is 0.826. The van der Waals surface area contributed by atoms with E-state index in [0.29, 0.717) is 0 Å². The van der Waals surface area contributed by atoms with Crippen LogP contribution in [0.2, 0.25) is 0 Å². The molecule has 0 unspecified atom stereocenters. The van der Waals surface area contributed by atoms with E-state index in [0.717, 1.165) is 78.1 Å². The third kappa shape index (κ3) is 5.76. The molecule has 0 atom stereocenters. The fourth-order valence-corrected chi connectivity index (χ4v) is 7.43. The van der Waals surface area contributed by atoms with Crippen molar-refractivity contribution >= 4 is 32.6 Å². The Labute approximate surface area is 313 Å². The molecule has 0 radical (unpaired) electrons. The molecule has 0 aliphatic heterocycles. The van der Waals surface area contributed by atoms with E-state index >= 15 is 0 Å². The number of fused-ring (bicyclic) bond motifs is 3. The van der Waals surface area contributed by atoms with Gasteiger partial charge in [0.05, 0.1) is 22.4 Å². The number of hydrogen-bond donors (Lipinski definition) is 0. The molecule has 10 aromatic rings. The van der Waals surface area contributed by atoms with Crippen LogP contribution in [0.3, 0.4) is 0 Å². The maximum atomic E-state index is 5.62. The standard InChI is InChI=1S/C50H32N4/c1-3-9-39-29-41(23-17-33(39)7-1)45-25-26-46(42-24-18-34-8-2-4-10-40(34)30-42)50-49(45)53-47(37-19-13-35(14-20-37)43-11-5-27-51-31-43)48(54-50)38-21-15-36(16-22-38)44-12-6-28-52-32-44/h1-32H. The number of pyridine rings is 2. The van der Waals surface area contributed by atoms with Crippen molar-refractivity contribution in [3.8, 4) is 67.0 Å². The highest BCUT2D eigenvalue weighted by Crippen LogP contribution is 2.40. The Morgan fingerprint density at radius 1 is 0.278 bits per heavy atom.